The van der Waals surface area contributed by atoms with Gasteiger partial charge in [-0.25, -0.2) is 9.97 Å². The summed E-state index contributed by atoms with van der Waals surface area (Å²) in [4.78, 5) is 83.2. The van der Waals surface area contributed by atoms with Gasteiger partial charge in [-0.2, -0.15) is 13.2 Å². The minimum absolute atomic E-state index is 0.0108. The lowest BCUT2D eigenvalue weighted by molar-refractivity contribution is -0.137. The SMILES string of the molecule is CC(=O)N[C@@H]1C[C@H](NC(C)(C)C)CC[C@@H]1N1CC[C@H](Nc2nc(C3CCC(NC(=O)C4CCC(NC(=O)CCCOC5CCC(OCCNCC6CC(=O)N(C)[C@@H]6c6cccnc6)CC5)CC4)CC3)nc3ccc(C(F)(F)F)cc23)C1=O. The summed E-state index contributed by atoms with van der Waals surface area (Å²) in [5, 5.41) is 20.2. The van der Waals surface area contributed by atoms with E-state index in [9.17, 15) is 37.1 Å². The van der Waals surface area contributed by atoms with Gasteiger partial charge >= 0.3 is 6.18 Å². The number of nitrogens with one attached hydrogen (secondary N) is 6. The third kappa shape index (κ3) is 16.2. The number of halogens is 3. The molecule has 18 nitrogen and oxygen atoms in total. The lowest BCUT2D eigenvalue weighted by Gasteiger charge is -2.43. The van der Waals surface area contributed by atoms with Crippen LogP contribution in [0.2, 0.25) is 0 Å². The summed E-state index contributed by atoms with van der Waals surface area (Å²) < 4.78 is 54.6. The summed E-state index contributed by atoms with van der Waals surface area (Å²) >= 11 is 0. The molecule has 6 atom stereocenters. The van der Waals surface area contributed by atoms with Crippen molar-refractivity contribution in [1.29, 1.82) is 0 Å². The van der Waals surface area contributed by atoms with Crippen LogP contribution in [0, 0.1) is 11.8 Å². The molecule has 0 spiro atoms. The molecule has 6 fully saturated rings. The Morgan fingerprint density at radius 2 is 1.49 bits per heavy atom. The number of nitrogens with zero attached hydrogens (tertiary/aromatic N) is 5. The number of amides is 5. The molecule has 4 heterocycles. The largest absolute Gasteiger partial charge is 0.416 e. The van der Waals surface area contributed by atoms with E-state index >= 15 is 0 Å². The predicted molar refractivity (Wildman–Crippen MR) is 305 cm³/mol. The Bertz CT molecular complexity index is 2660. The van der Waals surface area contributed by atoms with Crippen molar-refractivity contribution in [2.24, 2.45) is 11.8 Å². The van der Waals surface area contributed by atoms with Gasteiger partial charge in [0.25, 0.3) is 0 Å². The number of alkyl halides is 3. The molecule has 5 amide bonds. The van der Waals surface area contributed by atoms with Crippen molar-refractivity contribution in [1.82, 2.24) is 51.3 Å². The van der Waals surface area contributed by atoms with Gasteiger partial charge in [-0.15, -0.1) is 0 Å². The smallest absolute Gasteiger partial charge is 0.378 e. The molecule has 2 aromatic heterocycles. The van der Waals surface area contributed by atoms with Gasteiger partial charge in [-0.05, 0) is 160 Å². The van der Waals surface area contributed by atoms with Crippen molar-refractivity contribution >= 4 is 46.3 Å². The van der Waals surface area contributed by atoms with Crippen LogP contribution in [0.5, 0.6) is 0 Å². The number of anilines is 1. The fraction of sp³-hybridized carbons (Fsp3) is 0.705. The minimum Gasteiger partial charge on any atom is -0.378 e. The molecule has 9 rings (SSSR count). The number of aromatic nitrogens is 3. The first-order valence-electron chi connectivity index (χ1n) is 30.4. The molecule has 450 valence electrons. The first-order chi connectivity index (χ1) is 39.2. The van der Waals surface area contributed by atoms with E-state index in [1.165, 1.54) is 13.0 Å². The first kappa shape index (κ1) is 61.1. The summed E-state index contributed by atoms with van der Waals surface area (Å²) in [5.74, 6) is 0.499. The molecule has 21 heteroatoms. The normalized spacial score (nSPS) is 29.2. The van der Waals surface area contributed by atoms with Crippen LogP contribution in [0.1, 0.15) is 179 Å². The van der Waals surface area contributed by atoms with Gasteiger partial charge in [0.1, 0.15) is 17.7 Å². The third-order valence-electron chi connectivity index (χ3n) is 18.0. The molecule has 3 aromatic rings. The maximum Gasteiger partial charge on any atom is 0.416 e. The van der Waals surface area contributed by atoms with E-state index < -0.39 is 17.8 Å². The Kier molecular flexibility index (Phi) is 20.5. The molecule has 0 radical (unpaired) electrons. The summed E-state index contributed by atoms with van der Waals surface area (Å²) in [6, 6.07) is 6.39. The highest BCUT2D eigenvalue weighted by Gasteiger charge is 2.44. The van der Waals surface area contributed by atoms with E-state index in [2.05, 4.69) is 57.7 Å². The van der Waals surface area contributed by atoms with Gasteiger partial charge in [0.05, 0.1) is 48.0 Å². The quantitative estimate of drug-likeness (QED) is 0.0566. The molecule has 0 bridgehead atoms. The zero-order valence-electron chi connectivity index (χ0n) is 48.7. The van der Waals surface area contributed by atoms with Crippen LogP contribution in [0.3, 0.4) is 0 Å². The second kappa shape index (κ2) is 27.5. The van der Waals surface area contributed by atoms with Crippen LogP contribution in [0.4, 0.5) is 19.0 Å². The summed E-state index contributed by atoms with van der Waals surface area (Å²) in [7, 11) is 1.87. The molecule has 2 saturated heterocycles. The first-order valence-corrected chi connectivity index (χ1v) is 30.4. The van der Waals surface area contributed by atoms with E-state index in [1.807, 2.05) is 35.2 Å². The Labute approximate surface area is 481 Å². The molecular formula is C61H88F3N11O7. The van der Waals surface area contributed by atoms with Crippen LogP contribution in [0.15, 0.2) is 42.7 Å². The topological polar surface area (TPSA) is 221 Å². The Morgan fingerprint density at radius 1 is 0.793 bits per heavy atom. The number of pyridine rings is 1. The van der Waals surface area contributed by atoms with E-state index in [-0.39, 0.29) is 112 Å². The molecule has 4 aliphatic carbocycles. The van der Waals surface area contributed by atoms with Crippen molar-refractivity contribution < 1.29 is 46.6 Å². The van der Waals surface area contributed by atoms with Gasteiger partial charge in [0, 0.05) is 112 Å². The molecule has 1 unspecified atom stereocenters. The number of hydrogen-bond acceptors (Lipinski definition) is 13. The standard InChI is InChI=1S/C61H88F3N11O7/c1-37(76)67-51-34-45(73-60(2,3)4)19-25-52(51)75-29-26-50(59(75)80)71-57-48-33-42(61(62,63)64)14-24-49(48)70-56(72-57)38-10-15-44(16-11-38)69-58(79)39-12-17-43(18-13-39)68-53(77)9-7-30-81-46-20-22-47(23-21-46)82-31-28-66-36-41-32-54(78)74(5)55(41)40-8-6-27-65-35-40/h6,8,14,24,27,33,35,38-39,41,43-47,50-52,55,66,73H,7,9-13,15-23,25-26,28-32,34,36H2,1-5H3,(H,67,76)(H,68,77)(H,69,79)(H,70,71,72)/t38?,39?,41?,43?,44?,45-,46?,47?,50+,51-,52+,55-/m1/s1. The monoisotopic (exact) mass is 1140 g/mol. The van der Waals surface area contributed by atoms with Crippen molar-refractivity contribution in [2.75, 3.05) is 45.2 Å². The lowest BCUT2D eigenvalue weighted by atomic mass is 9.83. The Balaban J connectivity index is 0.664. The molecular weight excluding hydrogens is 1060 g/mol. The zero-order valence-corrected chi connectivity index (χ0v) is 48.7. The Morgan fingerprint density at radius 3 is 2.17 bits per heavy atom. The van der Waals surface area contributed by atoms with Crippen LogP contribution >= 0.6 is 0 Å². The fourth-order valence-electron chi connectivity index (χ4n) is 13.9. The second-order valence-electron chi connectivity index (χ2n) is 25.3. The highest BCUT2D eigenvalue weighted by molar-refractivity contribution is 5.94. The molecule has 6 N–H and O–H groups in total. The lowest BCUT2D eigenvalue weighted by Crippen LogP contribution is -2.59. The Hall–Kier alpha value is -5.51. The van der Waals surface area contributed by atoms with Crippen LogP contribution in [0.25, 0.3) is 10.9 Å². The van der Waals surface area contributed by atoms with E-state index in [4.69, 9.17) is 19.4 Å². The summed E-state index contributed by atoms with van der Waals surface area (Å²) in [5.41, 5.74) is 0.468. The number of ether oxygens (including phenoxy) is 2. The average molecular weight is 1140 g/mol. The third-order valence-corrected chi connectivity index (χ3v) is 18.0. The van der Waals surface area contributed by atoms with Crippen molar-refractivity contribution in [3.63, 3.8) is 0 Å². The van der Waals surface area contributed by atoms with Gasteiger partial charge in [-0.1, -0.05) is 6.07 Å². The highest BCUT2D eigenvalue weighted by atomic mass is 19.4. The minimum atomic E-state index is -4.59. The maximum atomic E-state index is 14.2. The van der Waals surface area contributed by atoms with Crippen molar-refractivity contribution in [3.8, 4) is 0 Å². The number of likely N-dealkylation sites (tertiary alicyclic amines) is 2. The number of fused-ring (bicyclic) bond motifs is 1. The van der Waals surface area contributed by atoms with Gasteiger partial charge < -0.3 is 51.2 Å². The average Bonchev–Trinajstić information content (AvgIpc) is 4.13. The number of hydrogen-bond donors (Lipinski definition) is 6. The number of rotatable bonds is 21. The highest BCUT2D eigenvalue weighted by Crippen LogP contribution is 2.39. The predicted octanol–water partition coefficient (Wildman–Crippen LogP) is 7.62. The number of carbonyl (C=O) groups is 5. The van der Waals surface area contributed by atoms with Crippen LogP contribution in [-0.2, 0) is 39.6 Å². The van der Waals surface area contributed by atoms with E-state index in [0.717, 1.165) is 75.7 Å². The summed E-state index contributed by atoms with van der Waals surface area (Å²) in [6.45, 7) is 10.8. The number of carbonyl (C=O) groups excluding carboxylic acids is 5. The number of benzene rings is 1. The van der Waals surface area contributed by atoms with Gasteiger partial charge in [0.2, 0.25) is 29.5 Å². The molecule has 4 saturated carbocycles. The molecule has 82 heavy (non-hydrogen) atoms. The molecule has 2 aliphatic heterocycles. The molecule has 1 aromatic carbocycles. The van der Waals surface area contributed by atoms with Crippen LogP contribution < -0.4 is 31.9 Å². The molecule has 6 aliphatic rings. The van der Waals surface area contributed by atoms with Crippen molar-refractivity contribution in [2.45, 2.75) is 222 Å². The van der Waals surface area contributed by atoms with E-state index in [1.54, 1.807) is 6.20 Å². The van der Waals surface area contributed by atoms with Gasteiger partial charge in [0.15, 0.2) is 0 Å². The van der Waals surface area contributed by atoms with E-state index in [0.29, 0.717) is 108 Å². The maximum absolute atomic E-state index is 14.2. The summed E-state index contributed by atoms with van der Waals surface area (Å²) in [6.07, 6.45) is 12.9. The van der Waals surface area contributed by atoms with Crippen molar-refractivity contribution in [3.05, 3.63) is 59.7 Å². The fourth-order valence-corrected chi connectivity index (χ4v) is 13.9. The van der Waals surface area contributed by atoms with Gasteiger partial charge in [-0.3, -0.25) is 29.0 Å². The second-order valence-corrected chi connectivity index (χ2v) is 25.3. The van der Waals surface area contributed by atoms with Crippen LogP contribution in [-0.4, -0.2) is 148 Å². The zero-order chi connectivity index (χ0) is 58.1.